The molecule has 0 radical (unpaired) electrons. The van der Waals surface area contributed by atoms with E-state index in [9.17, 15) is 13.2 Å². The zero-order valence-electron chi connectivity index (χ0n) is 9.50. The Bertz CT molecular complexity index is 344. The maximum atomic E-state index is 11.9. The minimum Gasteiger partial charge on any atom is -0.352 e. The van der Waals surface area contributed by atoms with Crippen LogP contribution in [0.1, 0.15) is 19.3 Å². The molecular weight excluding hydrogens is 231 g/mol. The summed E-state index contributed by atoms with van der Waals surface area (Å²) in [4.78, 5) is 4.06. The molecule has 1 aromatic rings. The molecule has 0 saturated heterocycles. The second kappa shape index (κ2) is 6.32. The third-order valence-electron chi connectivity index (χ3n) is 2.23. The van der Waals surface area contributed by atoms with Crippen molar-refractivity contribution in [2.45, 2.75) is 32.0 Å². The average molecular weight is 247 g/mol. The number of anilines is 1. The second-order valence-corrected chi connectivity index (χ2v) is 3.69. The molecule has 0 fully saturated rings. The number of imidazole rings is 1. The van der Waals surface area contributed by atoms with Gasteiger partial charge in [-0.15, -0.1) is 6.58 Å². The lowest BCUT2D eigenvalue weighted by Crippen LogP contribution is -2.09. The molecule has 0 unspecified atom stereocenters. The van der Waals surface area contributed by atoms with E-state index in [1.54, 1.807) is 23.0 Å². The van der Waals surface area contributed by atoms with Crippen molar-refractivity contribution < 1.29 is 13.2 Å². The highest BCUT2D eigenvalue weighted by molar-refractivity contribution is 5.26. The normalized spacial score (nSPS) is 11.5. The molecule has 1 aromatic heterocycles. The first-order valence-electron chi connectivity index (χ1n) is 5.45. The van der Waals surface area contributed by atoms with E-state index in [1.165, 1.54) is 0 Å². The van der Waals surface area contributed by atoms with E-state index in [0.717, 1.165) is 0 Å². The highest BCUT2D eigenvalue weighted by Gasteiger charge is 2.25. The van der Waals surface area contributed by atoms with Crippen LogP contribution in [0.5, 0.6) is 0 Å². The third kappa shape index (κ3) is 5.42. The minimum absolute atomic E-state index is 0.141. The zero-order chi connectivity index (χ0) is 12.7. The monoisotopic (exact) mass is 247 g/mol. The van der Waals surface area contributed by atoms with E-state index < -0.39 is 12.6 Å². The largest absolute Gasteiger partial charge is 0.389 e. The van der Waals surface area contributed by atoms with Gasteiger partial charge in [0, 0.05) is 31.9 Å². The van der Waals surface area contributed by atoms with E-state index >= 15 is 0 Å². The van der Waals surface area contributed by atoms with Crippen molar-refractivity contribution >= 4 is 5.95 Å². The third-order valence-corrected chi connectivity index (χ3v) is 2.23. The average Bonchev–Trinajstić information content (AvgIpc) is 2.67. The first-order chi connectivity index (χ1) is 8.03. The number of hydrogen-bond donors (Lipinski definition) is 1. The molecule has 0 atom stereocenters. The molecule has 17 heavy (non-hydrogen) atoms. The SMILES string of the molecule is C=CCNc1nccn1CCCCC(F)(F)F. The van der Waals surface area contributed by atoms with Gasteiger partial charge in [0.1, 0.15) is 0 Å². The summed E-state index contributed by atoms with van der Waals surface area (Å²) in [5.74, 6) is 0.664. The van der Waals surface area contributed by atoms with Gasteiger partial charge in [-0.2, -0.15) is 13.2 Å². The molecule has 1 heterocycles. The van der Waals surface area contributed by atoms with Crippen LogP contribution < -0.4 is 5.32 Å². The van der Waals surface area contributed by atoms with Gasteiger partial charge in [-0.3, -0.25) is 0 Å². The molecule has 0 aliphatic rings. The molecule has 0 spiro atoms. The van der Waals surface area contributed by atoms with E-state index in [0.29, 0.717) is 25.5 Å². The maximum Gasteiger partial charge on any atom is 0.389 e. The van der Waals surface area contributed by atoms with E-state index in [1.807, 2.05) is 0 Å². The fourth-order valence-electron chi connectivity index (χ4n) is 1.43. The van der Waals surface area contributed by atoms with Crippen molar-refractivity contribution in [1.82, 2.24) is 9.55 Å². The fourth-order valence-corrected chi connectivity index (χ4v) is 1.43. The molecule has 3 nitrogen and oxygen atoms in total. The number of hydrogen-bond acceptors (Lipinski definition) is 2. The number of unbranched alkanes of at least 4 members (excludes halogenated alkanes) is 1. The Morgan fingerprint density at radius 3 is 2.82 bits per heavy atom. The quantitative estimate of drug-likeness (QED) is 0.592. The Kier molecular flexibility index (Phi) is 5.06. The molecule has 0 aliphatic heterocycles. The number of nitrogens with one attached hydrogen (secondary N) is 1. The Morgan fingerprint density at radius 1 is 1.41 bits per heavy atom. The highest BCUT2D eigenvalue weighted by Crippen LogP contribution is 2.22. The topological polar surface area (TPSA) is 29.9 Å². The standard InChI is InChI=1S/C11H16F3N3/c1-2-6-15-10-16-7-9-17(10)8-4-3-5-11(12,13)14/h2,7,9H,1,3-6,8H2,(H,15,16). The van der Waals surface area contributed by atoms with E-state index in [4.69, 9.17) is 0 Å². The van der Waals surface area contributed by atoms with Crippen LogP contribution >= 0.6 is 0 Å². The second-order valence-electron chi connectivity index (χ2n) is 3.69. The summed E-state index contributed by atoms with van der Waals surface area (Å²) in [6, 6.07) is 0. The van der Waals surface area contributed by atoms with Crippen molar-refractivity contribution in [2.75, 3.05) is 11.9 Å². The zero-order valence-corrected chi connectivity index (χ0v) is 9.50. The van der Waals surface area contributed by atoms with Crippen molar-refractivity contribution in [3.05, 3.63) is 25.0 Å². The summed E-state index contributed by atoms with van der Waals surface area (Å²) in [6.07, 6.45) is 0.911. The van der Waals surface area contributed by atoms with Crippen LogP contribution in [-0.4, -0.2) is 22.3 Å². The summed E-state index contributed by atoms with van der Waals surface area (Å²) < 4.78 is 37.6. The van der Waals surface area contributed by atoms with Crippen molar-refractivity contribution in [2.24, 2.45) is 0 Å². The van der Waals surface area contributed by atoms with Gasteiger partial charge in [-0.25, -0.2) is 4.98 Å². The number of halogens is 3. The van der Waals surface area contributed by atoms with Crippen LogP contribution in [0.3, 0.4) is 0 Å². The lowest BCUT2D eigenvalue weighted by molar-refractivity contribution is -0.135. The van der Waals surface area contributed by atoms with Gasteiger partial charge in [-0.05, 0) is 12.8 Å². The number of rotatable bonds is 7. The van der Waals surface area contributed by atoms with Gasteiger partial charge in [0.25, 0.3) is 0 Å². The number of aromatic nitrogens is 2. The number of nitrogens with zero attached hydrogens (tertiary/aromatic N) is 2. The van der Waals surface area contributed by atoms with Crippen LogP contribution in [0.25, 0.3) is 0 Å². The van der Waals surface area contributed by atoms with Gasteiger partial charge in [0.2, 0.25) is 5.95 Å². The Labute approximate surface area is 98.3 Å². The highest BCUT2D eigenvalue weighted by atomic mass is 19.4. The molecule has 96 valence electrons. The summed E-state index contributed by atoms with van der Waals surface area (Å²) in [5, 5.41) is 3.01. The van der Waals surface area contributed by atoms with Crippen LogP contribution in [0.4, 0.5) is 19.1 Å². The van der Waals surface area contributed by atoms with Gasteiger partial charge in [0.05, 0.1) is 0 Å². The summed E-state index contributed by atoms with van der Waals surface area (Å²) >= 11 is 0. The molecule has 0 bridgehead atoms. The molecule has 0 aromatic carbocycles. The molecular formula is C11H16F3N3. The Morgan fingerprint density at radius 2 is 2.18 bits per heavy atom. The van der Waals surface area contributed by atoms with Crippen LogP contribution in [-0.2, 0) is 6.54 Å². The minimum atomic E-state index is -4.06. The molecule has 0 saturated carbocycles. The number of alkyl halides is 3. The van der Waals surface area contributed by atoms with Crippen molar-refractivity contribution in [3.8, 4) is 0 Å². The van der Waals surface area contributed by atoms with Gasteiger partial charge in [0.15, 0.2) is 0 Å². The lowest BCUT2D eigenvalue weighted by Gasteiger charge is -2.09. The molecule has 1 N–H and O–H groups in total. The Hall–Kier alpha value is -1.46. The first kappa shape index (κ1) is 13.6. The fraction of sp³-hybridized carbons (Fsp3) is 0.545. The predicted molar refractivity (Wildman–Crippen MR) is 60.8 cm³/mol. The molecule has 0 aliphatic carbocycles. The van der Waals surface area contributed by atoms with Gasteiger partial charge < -0.3 is 9.88 Å². The summed E-state index contributed by atoms with van der Waals surface area (Å²) in [5.41, 5.74) is 0. The van der Waals surface area contributed by atoms with Crippen LogP contribution in [0.2, 0.25) is 0 Å². The first-order valence-corrected chi connectivity index (χ1v) is 5.45. The van der Waals surface area contributed by atoms with Gasteiger partial charge in [-0.1, -0.05) is 6.08 Å². The maximum absolute atomic E-state index is 11.9. The van der Waals surface area contributed by atoms with Crippen LogP contribution in [0.15, 0.2) is 25.0 Å². The summed E-state index contributed by atoms with van der Waals surface area (Å²) in [6.45, 7) is 4.69. The van der Waals surface area contributed by atoms with E-state index in [2.05, 4.69) is 16.9 Å². The van der Waals surface area contributed by atoms with Gasteiger partial charge >= 0.3 is 6.18 Å². The predicted octanol–water partition coefficient (Wildman–Crippen LogP) is 3.21. The van der Waals surface area contributed by atoms with Crippen molar-refractivity contribution in [3.63, 3.8) is 0 Å². The van der Waals surface area contributed by atoms with Crippen molar-refractivity contribution in [1.29, 1.82) is 0 Å². The molecule has 0 amide bonds. The summed E-state index contributed by atoms with van der Waals surface area (Å²) in [7, 11) is 0. The van der Waals surface area contributed by atoms with E-state index in [-0.39, 0.29) is 6.42 Å². The molecule has 1 rings (SSSR count). The van der Waals surface area contributed by atoms with Crippen LogP contribution in [0, 0.1) is 0 Å². The lowest BCUT2D eigenvalue weighted by atomic mass is 10.2. The smallest absolute Gasteiger partial charge is 0.352 e. The number of aryl methyl sites for hydroxylation is 1. The Balaban J connectivity index is 2.31. The molecule has 6 heteroatoms.